The normalized spacial score (nSPS) is 27.0. The summed E-state index contributed by atoms with van der Waals surface area (Å²) >= 11 is 0. The Labute approximate surface area is 579 Å². The smallest absolute Gasteiger partial charge is 0.246 e. The van der Waals surface area contributed by atoms with E-state index in [1.165, 1.54) is 82.7 Å². The molecule has 0 aliphatic carbocycles. The summed E-state index contributed by atoms with van der Waals surface area (Å²) < 4.78 is 11.9. The molecular weight excluding hydrogens is 1250 g/mol. The van der Waals surface area contributed by atoms with Crippen LogP contribution in [-0.2, 0) is 62.2 Å². The fourth-order valence-corrected chi connectivity index (χ4v) is 12.5. The zero-order valence-corrected chi connectivity index (χ0v) is 62.8. The van der Waals surface area contributed by atoms with Crippen LogP contribution in [0.4, 0.5) is 0 Å². The van der Waals surface area contributed by atoms with Gasteiger partial charge in [-0.25, -0.2) is 0 Å². The van der Waals surface area contributed by atoms with Gasteiger partial charge in [-0.05, 0) is 121 Å². The molecule has 97 heavy (non-hydrogen) atoms. The number of hydrogen-bond donors (Lipinski definition) is 6. The molecule has 0 aromatic heterocycles. The van der Waals surface area contributed by atoms with E-state index in [9.17, 15) is 38.7 Å². The molecule has 0 aromatic rings. The average molecular weight is 1370 g/mol. The SMILES string of the molecule is CC[C@@H]1NC(=O)[C@H]([C@H](O)[C@H](C)CCCCCC#N)NC(=O)[C@H](C(C)C)N(C)C(=O)[C@H](CC(C)C)N(C)C(=O)[C@H](CC(C)C)N(C)C(=O)[C@@H](C)NC(=O)[C@H](C)NC(=O)[C@H](CC(C)C)N(C)C(=O)[C@H](C(C)C)NC(=O)[C@H]([C@@H](C)OCCCCN2CCOCC2)N(C)C(=O)[C@@H](C)N(C)C1=O. The maximum Gasteiger partial charge on any atom is 0.246 e. The molecule has 2 heterocycles. The zero-order valence-electron chi connectivity index (χ0n) is 62.8. The van der Waals surface area contributed by atoms with Gasteiger partial charge in [-0.15, -0.1) is 0 Å². The summed E-state index contributed by atoms with van der Waals surface area (Å²) in [6.07, 6.45) is 1.74. The Kier molecular flexibility index (Phi) is 37.3. The molecular formula is C70H125N13O14. The molecule has 2 saturated heterocycles. The van der Waals surface area contributed by atoms with Gasteiger partial charge in [0.15, 0.2) is 0 Å². The molecule has 554 valence electrons. The highest BCUT2D eigenvalue weighted by atomic mass is 16.5. The number of carbonyl (C=O) groups excluding carboxylic acids is 11. The Morgan fingerprint density at radius 1 is 0.505 bits per heavy atom. The van der Waals surface area contributed by atoms with Crippen LogP contribution in [-0.4, -0.2) is 265 Å². The minimum absolute atomic E-state index is 0.0263. The van der Waals surface area contributed by atoms with E-state index < -0.39 is 161 Å². The van der Waals surface area contributed by atoms with Gasteiger partial charge in [-0.3, -0.25) is 57.6 Å². The zero-order chi connectivity index (χ0) is 74.0. The first-order valence-electron chi connectivity index (χ1n) is 35.4. The van der Waals surface area contributed by atoms with Crippen LogP contribution in [0.5, 0.6) is 0 Å². The van der Waals surface area contributed by atoms with Crippen molar-refractivity contribution in [1.29, 1.82) is 5.26 Å². The summed E-state index contributed by atoms with van der Waals surface area (Å²) in [5, 5.41) is 35.1. The standard InChI is InChI=1S/C70H125N13O14/c1-23-51-67(92)77(17)49(15)66(91)82(22)58(50(16)97-35-29-28-32-83-33-36-96-37-34-83)64(89)75-55(44(8)9)70(95)78(18)52(38-41(2)3)61(86)72-47(13)60(85)73-48(14)65(90)79(19)53(39-42(4)5)68(93)80(20)54(40-43(6)7)69(94)81(21)57(45(10)11)63(88)76-56(62(87)74-51)59(84)46(12)30-26-24-25-27-31-71/h41-59,84H,23-30,32-40H2,1-22H3,(H,72,86)(H,73,85)(H,74,87)(H,75,89)(H,76,88)/t46-,47+,48-,49-,50-,51+,52+,53+,54+,55+,56+,57+,58+,59-/m1/s1. The molecule has 6 N–H and O–H groups in total. The van der Waals surface area contributed by atoms with Crippen molar-refractivity contribution >= 4 is 65.0 Å². The third-order valence-electron chi connectivity index (χ3n) is 18.9. The highest BCUT2D eigenvalue weighted by molar-refractivity contribution is 6.00. The van der Waals surface area contributed by atoms with E-state index in [1.54, 1.807) is 48.5 Å². The van der Waals surface area contributed by atoms with Crippen molar-refractivity contribution in [1.82, 2.24) is 60.9 Å². The van der Waals surface area contributed by atoms with Crippen LogP contribution in [0.3, 0.4) is 0 Å². The van der Waals surface area contributed by atoms with E-state index in [-0.39, 0.29) is 50.0 Å². The highest BCUT2D eigenvalue weighted by Crippen LogP contribution is 2.25. The largest absolute Gasteiger partial charge is 0.390 e. The maximum atomic E-state index is 15.2. The van der Waals surface area contributed by atoms with E-state index in [4.69, 9.17) is 14.7 Å². The Hall–Kier alpha value is -6.50. The summed E-state index contributed by atoms with van der Waals surface area (Å²) in [4.78, 5) is 172. The van der Waals surface area contributed by atoms with E-state index in [2.05, 4.69) is 37.6 Å². The summed E-state index contributed by atoms with van der Waals surface area (Å²) in [5.41, 5.74) is 0. The van der Waals surface area contributed by atoms with Gasteiger partial charge in [0, 0.05) is 68.4 Å². The lowest BCUT2D eigenvalue weighted by Gasteiger charge is -2.40. The van der Waals surface area contributed by atoms with Crippen molar-refractivity contribution in [3.63, 3.8) is 0 Å². The van der Waals surface area contributed by atoms with Crippen LogP contribution in [0.1, 0.15) is 181 Å². The van der Waals surface area contributed by atoms with Gasteiger partial charge in [-0.1, -0.05) is 95.9 Å². The summed E-state index contributed by atoms with van der Waals surface area (Å²) in [7, 11) is 8.49. The van der Waals surface area contributed by atoms with Crippen LogP contribution in [0.25, 0.3) is 0 Å². The van der Waals surface area contributed by atoms with Crippen molar-refractivity contribution in [2.24, 2.45) is 35.5 Å². The Balaban J connectivity index is 2.98. The van der Waals surface area contributed by atoms with Crippen molar-refractivity contribution < 1.29 is 67.3 Å². The van der Waals surface area contributed by atoms with E-state index in [1.807, 2.05) is 41.5 Å². The van der Waals surface area contributed by atoms with Crippen LogP contribution >= 0.6 is 0 Å². The minimum atomic E-state index is -1.71. The quantitative estimate of drug-likeness (QED) is 0.0800. The van der Waals surface area contributed by atoms with Crippen molar-refractivity contribution in [2.75, 3.05) is 81.7 Å². The first-order chi connectivity index (χ1) is 45.3. The molecule has 14 atom stereocenters. The van der Waals surface area contributed by atoms with Gasteiger partial charge >= 0.3 is 0 Å². The Morgan fingerprint density at radius 3 is 1.53 bits per heavy atom. The van der Waals surface area contributed by atoms with Crippen molar-refractivity contribution in [3.8, 4) is 6.07 Å². The first kappa shape index (κ1) is 86.6. The molecule has 27 heteroatoms. The minimum Gasteiger partial charge on any atom is -0.390 e. The van der Waals surface area contributed by atoms with Gasteiger partial charge in [0.25, 0.3) is 0 Å². The van der Waals surface area contributed by atoms with Crippen LogP contribution in [0.2, 0.25) is 0 Å². The van der Waals surface area contributed by atoms with E-state index in [0.717, 1.165) is 35.9 Å². The lowest BCUT2D eigenvalue weighted by molar-refractivity contribution is -0.154. The van der Waals surface area contributed by atoms with Crippen LogP contribution in [0.15, 0.2) is 0 Å². The number of nitrogens with one attached hydrogen (secondary N) is 5. The van der Waals surface area contributed by atoms with Gasteiger partial charge in [0.1, 0.15) is 66.5 Å². The molecule has 2 aliphatic heterocycles. The van der Waals surface area contributed by atoms with Crippen molar-refractivity contribution in [3.05, 3.63) is 0 Å². The molecule has 2 fully saturated rings. The topological polar surface area (TPSA) is 333 Å². The molecule has 0 saturated carbocycles. The maximum absolute atomic E-state index is 15.2. The highest BCUT2D eigenvalue weighted by Gasteiger charge is 2.45. The number of ether oxygens (including phenoxy) is 2. The third-order valence-corrected chi connectivity index (χ3v) is 18.9. The number of hydrogen-bond acceptors (Lipinski definition) is 16. The van der Waals surface area contributed by atoms with Crippen LogP contribution in [0, 0.1) is 46.8 Å². The fourth-order valence-electron chi connectivity index (χ4n) is 12.5. The number of unbranched alkanes of at least 4 members (excludes halogenated alkanes) is 4. The fraction of sp³-hybridized carbons (Fsp3) is 0.829. The predicted octanol–water partition coefficient (Wildman–Crippen LogP) is 3.29. The number of carbonyl (C=O) groups is 11. The molecule has 2 rings (SSSR count). The number of aliphatic hydroxyl groups is 1. The monoisotopic (exact) mass is 1370 g/mol. The number of likely N-dealkylation sites (N-methyl/N-ethyl adjacent to an activating group) is 6. The van der Waals surface area contributed by atoms with E-state index in [0.29, 0.717) is 51.7 Å². The average Bonchev–Trinajstić information content (AvgIpc) is 0.820. The molecule has 2 aliphatic rings. The van der Waals surface area contributed by atoms with E-state index >= 15 is 19.2 Å². The lowest BCUT2D eigenvalue weighted by atomic mass is 9.91. The third kappa shape index (κ3) is 25.9. The number of nitriles is 1. The molecule has 0 radical (unpaired) electrons. The predicted molar refractivity (Wildman–Crippen MR) is 370 cm³/mol. The summed E-state index contributed by atoms with van der Waals surface area (Å²) in [5.74, 6) is -10.3. The molecule has 11 amide bonds. The number of aliphatic hydroxyl groups excluding tert-OH is 1. The second-order valence-electron chi connectivity index (χ2n) is 29.0. The van der Waals surface area contributed by atoms with Gasteiger partial charge < -0.3 is 70.6 Å². The number of rotatable bonds is 23. The van der Waals surface area contributed by atoms with Gasteiger partial charge in [-0.2, -0.15) is 5.26 Å². The van der Waals surface area contributed by atoms with Gasteiger partial charge in [0.05, 0.1) is 31.5 Å². The number of morpholine rings is 1. The lowest BCUT2D eigenvalue weighted by Crippen LogP contribution is -2.64. The molecule has 0 aromatic carbocycles. The molecule has 0 spiro atoms. The summed E-state index contributed by atoms with van der Waals surface area (Å²) in [6.45, 7) is 31.2. The molecule has 0 unspecified atom stereocenters. The first-order valence-corrected chi connectivity index (χ1v) is 35.4. The molecule has 0 bridgehead atoms. The van der Waals surface area contributed by atoms with Crippen LogP contribution < -0.4 is 26.6 Å². The van der Waals surface area contributed by atoms with Crippen molar-refractivity contribution in [2.45, 2.75) is 260 Å². The number of amides is 11. The van der Waals surface area contributed by atoms with Gasteiger partial charge in [0.2, 0.25) is 65.0 Å². The second kappa shape index (κ2) is 41.8. The number of nitrogens with zero attached hydrogens (tertiary/aromatic N) is 8. The Morgan fingerprint density at radius 2 is 1.00 bits per heavy atom. The Bertz CT molecular complexity index is 2630. The second-order valence-corrected chi connectivity index (χ2v) is 29.0. The summed E-state index contributed by atoms with van der Waals surface area (Å²) in [6, 6.07) is -12.3. The molecule has 27 nitrogen and oxygen atoms in total.